The van der Waals surface area contributed by atoms with Gasteiger partial charge in [-0.15, -0.1) is 0 Å². The van der Waals surface area contributed by atoms with E-state index in [1.807, 2.05) is 0 Å². The molecule has 0 heterocycles. The average Bonchev–Trinajstić information content (AvgIpc) is 2.15. The molecule has 17 heavy (non-hydrogen) atoms. The second kappa shape index (κ2) is 4.72. The normalized spacial score (nSPS) is 14.5. The van der Waals surface area contributed by atoms with Gasteiger partial charge in [0.25, 0.3) is 5.92 Å². The van der Waals surface area contributed by atoms with Crippen LogP contribution in [0.5, 0.6) is 0 Å². The predicted octanol–water partition coefficient (Wildman–Crippen LogP) is 3.53. The minimum Gasteiger partial charge on any atom is -0.305 e. The Morgan fingerprint density at radius 1 is 1.24 bits per heavy atom. The number of alkyl halides is 2. The van der Waals surface area contributed by atoms with E-state index in [1.165, 1.54) is 45.2 Å². The molecule has 1 N–H and O–H groups in total. The van der Waals surface area contributed by atoms with Crippen molar-refractivity contribution in [1.29, 1.82) is 0 Å². The molecule has 0 amide bonds. The van der Waals surface area contributed by atoms with Gasteiger partial charge in [0.05, 0.1) is 0 Å². The molecule has 5 heteroatoms. The van der Waals surface area contributed by atoms with Crippen LogP contribution in [0.1, 0.15) is 26.3 Å². The van der Waals surface area contributed by atoms with Crippen LogP contribution in [0.3, 0.4) is 0 Å². The van der Waals surface area contributed by atoms with Crippen LogP contribution in [-0.2, 0) is 16.9 Å². The van der Waals surface area contributed by atoms with Gasteiger partial charge in [0, 0.05) is 22.9 Å². The number of halogens is 2. The molecular weight excluding hydrogens is 244 g/mol. The zero-order chi connectivity index (χ0) is 13.3. The molecule has 0 saturated heterocycles. The molecule has 0 radical (unpaired) electrons. The van der Waals surface area contributed by atoms with Crippen LogP contribution in [0.15, 0.2) is 24.3 Å². The van der Waals surface area contributed by atoms with E-state index in [9.17, 15) is 13.0 Å². The van der Waals surface area contributed by atoms with E-state index in [0.717, 1.165) is 0 Å². The molecule has 1 rings (SSSR count). The fourth-order valence-corrected chi connectivity index (χ4v) is 1.84. The zero-order valence-corrected chi connectivity index (χ0v) is 11.2. The summed E-state index contributed by atoms with van der Waals surface area (Å²) in [7, 11) is -1.27. The molecule has 1 aromatic rings. The first-order valence-electron chi connectivity index (χ1n) is 5.23. The molecule has 1 atom stereocenters. The van der Waals surface area contributed by atoms with E-state index in [-0.39, 0.29) is 5.56 Å². The second-order valence-electron chi connectivity index (χ2n) is 4.96. The topological polar surface area (TPSA) is 29.1 Å². The third-order valence-electron chi connectivity index (χ3n) is 2.43. The first kappa shape index (κ1) is 14.1. The molecule has 1 aromatic carbocycles. The van der Waals surface area contributed by atoms with Crippen LogP contribution in [-0.4, -0.2) is 10.5 Å². The lowest BCUT2D eigenvalue weighted by Gasteiger charge is -2.30. The van der Waals surface area contributed by atoms with E-state index in [0.29, 0.717) is 5.69 Å². The largest absolute Gasteiger partial charge is 0.305 e. The molecule has 0 saturated carbocycles. The van der Waals surface area contributed by atoms with Crippen molar-refractivity contribution >= 4 is 16.7 Å². The highest BCUT2D eigenvalue weighted by Crippen LogP contribution is 2.44. The maximum Gasteiger partial charge on any atom is 0.278 e. The van der Waals surface area contributed by atoms with Gasteiger partial charge in [-0.3, -0.25) is 0 Å². The van der Waals surface area contributed by atoms with Crippen molar-refractivity contribution in [3.63, 3.8) is 0 Å². The van der Waals surface area contributed by atoms with Crippen molar-refractivity contribution in [3.05, 3.63) is 29.8 Å². The first-order valence-corrected chi connectivity index (χ1v) is 6.79. The molecule has 0 aliphatic heterocycles. The third kappa shape index (κ3) is 3.25. The number of hydrogen-bond acceptors (Lipinski definition) is 1. The van der Waals surface area contributed by atoms with Gasteiger partial charge in [-0.05, 0) is 12.1 Å². The lowest BCUT2D eigenvalue weighted by Crippen LogP contribution is -2.31. The van der Waals surface area contributed by atoms with Gasteiger partial charge in [-0.2, -0.15) is 0 Å². The Balaban J connectivity index is 3.11. The summed E-state index contributed by atoms with van der Waals surface area (Å²) in [6.07, 6.45) is 1.45. The minimum absolute atomic E-state index is 0.0690. The summed E-state index contributed by atoms with van der Waals surface area (Å²) in [6, 6.07) is 5.87. The highest BCUT2D eigenvalue weighted by molar-refractivity contribution is 7.85. The Labute approximate surface area is 103 Å². The average molecular weight is 261 g/mol. The van der Waals surface area contributed by atoms with Gasteiger partial charge in [-0.25, -0.2) is 13.0 Å². The van der Waals surface area contributed by atoms with Gasteiger partial charge in [0.2, 0.25) is 0 Å². The van der Waals surface area contributed by atoms with Crippen molar-refractivity contribution in [1.82, 2.24) is 0 Å². The molecule has 0 spiro atoms. The number of hydrogen-bond donors (Lipinski definition) is 1. The zero-order valence-electron chi connectivity index (χ0n) is 10.4. The van der Waals surface area contributed by atoms with Crippen LogP contribution in [0, 0.1) is 5.41 Å². The van der Waals surface area contributed by atoms with Crippen molar-refractivity contribution in [2.75, 3.05) is 11.0 Å². The van der Waals surface area contributed by atoms with E-state index >= 15 is 0 Å². The number of benzene rings is 1. The summed E-state index contributed by atoms with van der Waals surface area (Å²) < 4.78 is 41.7. The van der Waals surface area contributed by atoms with Gasteiger partial charge >= 0.3 is 0 Å². The molecule has 0 aliphatic rings. The van der Waals surface area contributed by atoms with Gasteiger partial charge in [-0.1, -0.05) is 32.9 Å². The van der Waals surface area contributed by atoms with E-state index in [1.54, 1.807) is 6.07 Å². The number of nitrogens with one attached hydrogen (secondary N) is 1. The molecule has 96 valence electrons. The predicted molar refractivity (Wildman–Crippen MR) is 67.5 cm³/mol. The summed E-state index contributed by atoms with van der Waals surface area (Å²) in [5.41, 5.74) is -0.788. The van der Waals surface area contributed by atoms with Crippen molar-refractivity contribution in [2.24, 2.45) is 5.41 Å². The van der Waals surface area contributed by atoms with Gasteiger partial charge < -0.3 is 4.72 Å². The lowest BCUT2D eigenvalue weighted by atomic mass is 9.83. The van der Waals surface area contributed by atoms with Crippen LogP contribution in [0.2, 0.25) is 0 Å². The molecule has 2 nitrogen and oxygen atoms in total. The fraction of sp³-hybridized carbons (Fsp3) is 0.500. The van der Waals surface area contributed by atoms with Crippen LogP contribution in [0.4, 0.5) is 14.5 Å². The van der Waals surface area contributed by atoms with Crippen LogP contribution in [0.25, 0.3) is 0 Å². The standard InChI is InChI=1S/C12H17F2NOS/c1-11(2,3)12(13,14)9-6-5-7-10(8-9)15-17(4)16/h5-8,15H,1-4H3. The Bertz CT molecular complexity index is 427. The highest BCUT2D eigenvalue weighted by Gasteiger charge is 2.44. The summed E-state index contributed by atoms with van der Waals surface area (Å²) >= 11 is 0. The van der Waals surface area contributed by atoms with E-state index in [2.05, 4.69) is 4.72 Å². The van der Waals surface area contributed by atoms with Gasteiger partial charge in [0.1, 0.15) is 11.0 Å². The van der Waals surface area contributed by atoms with Crippen LogP contribution >= 0.6 is 0 Å². The van der Waals surface area contributed by atoms with Crippen molar-refractivity contribution < 1.29 is 13.0 Å². The minimum atomic E-state index is -2.93. The summed E-state index contributed by atoms with van der Waals surface area (Å²) in [6.45, 7) is 4.47. The maximum atomic E-state index is 14.1. The quantitative estimate of drug-likeness (QED) is 0.886. The molecule has 0 aliphatic carbocycles. The second-order valence-corrected chi connectivity index (χ2v) is 6.07. The Kier molecular flexibility index (Phi) is 3.91. The van der Waals surface area contributed by atoms with Crippen molar-refractivity contribution in [2.45, 2.75) is 26.7 Å². The Morgan fingerprint density at radius 2 is 1.82 bits per heavy atom. The SMILES string of the molecule is CS(=O)Nc1cccc(C(F)(F)C(C)(C)C)c1. The Morgan fingerprint density at radius 3 is 2.29 bits per heavy atom. The third-order valence-corrected chi connectivity index (χ3v) is 2.95. The smallest absolute Gasteiger partial charge is 0.278 e. The lowest BCUT2D eigenvalue weighted by molar-refractivity contribution is -0.104. The summed E-state index contributed by atoms with van der Waals surface area (Å²) in [5.74, 6) is -2.93. The Hall–Kier alpha value is -0.970. The van der Waals surface area contributed by atoms with E-state index < -0.39 is 22.3 Å². The molecule has 0 bridgehead atoms. The van der Waals surface area contributed by atoms with Crippen LogP contribution < -0.4 is 4.72 Å². The summed E-state index contributed by atoms with van der Waals surface area (Å²) in [5, 5.41) is 0. The monoisotopic (exact) mass is 261 g/mol. The molecule has 1 unspecified atom stereocenters. The molecular formula is C12H17F2NOS. The molecule has 0 aromatic heterocycles. The summed E-state index contributed by atoms with van der Waals surface area (Å²) in [4.78, 5) is 0. The first-order chi connectivity index (χ1) is 7.64. The maximum absolute atomic E-state index is 14.1. The number of rotatable bonds is 3. The molecule has 0 fully saturated rings. The highest BCUT2D eigenvalue weighted by atomic mass is 32.2. The van der Waals surface area contributed by atoms with Crippen molar-refractivity contribution in [3.8, 4) is 0 Å². The number of anilines is 1. The van der Waals surface area contributed by atoms with Gasteiger partial charge in [0.15, 0.2) is 0 Å². The van der Waals surface area contributed by atoms with E-state index in [4.69, 9.17) is 0 Å². The fourth-order valence-electron chi connectivity index (χ4n) is 1.38.